The van der Waals surface area contributed by atoms with Crippen LogP contribution in [0.15, 0.2) is 36.4 Å². The molecule has 27 heavy (non-hydrogen) atoms. The number of nitrogens with one attached hydrogen (secondary N) is 1. The lowest BCUT2D eigenvalue weighted by Crippen LogP contribution is -2.58. The Kier molecular flexibility index (Phi) is 3.33. The number of fused-ring (bicyclic) bond motifs is 6. The van der Waals surface area contributed by atoms with Crippen molar-refractivity contribution in [2.45, 2.75) is 51.0 Å². The molecule has 2 aliphatic rings. The number of aliphatic carboxylic acids is 1. The molecule has 5 rings (SSSR count). The van der Waals surface area contributed by atoms with E-state index in [4.69, 9.17) is 0 Å². The average Bonchev–Trinajstić information content (AvgIpc) is 3.01. The van der Waals surface area contributed by atoms with Crippen LogP contribution >= 0.6 is 0 Å². The Bertz CT molecular complexity index is 1080. The second-order valence-electron chi connectivity index (χ2n) is 8.88. The molecule has 0 amide bonds. The summed E-state index contributed by atoms with van der Waals surface area (Å²) < 4.78 is 0. The Hall–Kier alpha value is -2.33. The molecule has 0 unspecified atom stereocenters. The van der Waals surface area contributed by atoms with E-state index in [-0.39, 0.29) is 11.3 Å². The predicted molar refractivity (Wildman–Crippen MR) is 106 cm³/mol. The number of carboxylic acids is 1. The lowest BCUT2D eigenvalue weighted by molar-refractivity contribution is -0.171. The molecule has 140 valence electrons. The number of aliphatic hydroxyl groups excluding tert-OH is 1. The minimum atomic E-state index is -1.10. The van der Waals surface area contributed by atoms with Gasteiger partial charge in [-0.3, -0.25) is 4.79 Å². The van der Waals surface area contributed by atoms with E-state index in [1.165, 1.54) is 21.9 Å². The highest BCUT2D eigenvalue weighted by Crippen LogP contribution is 2.57. The maximum Gasteiger partial charge on any atom is 0.312 e. The van der Waals surface area contributed by atoms with Crippen molar-refractivity contribution >= 4 is 27.8 Å². The highest BCUT2D eigenvalue weighted by molar-refractivity contribution is 6.07. The number of aromatic amines is 1. The van der Waals surface area contributed by atoms with E-state index in [9.17, 15) is 15.0 Å². The summed E-state index contributed by atoms with van der Waals surface area (Å²) in [5, 5.41) is 23.0. The van der Waals surface area contributed by atoms with Crippen LogP contribution in [0.5, 0.6) is 0 Å². The van der Waals surface area contributed by atoms with Crippen molar-refractivity contribution in [3.8, 4) is 0 Å². The maximum atomic E-state index is 12.2. The lowest BCUT2D eigenvalue weighted by Gasteiger charge is -2.55. The van der Waals surface area contributed by atoms with Gasteiger partial charge in [-0.15, -0.1) is 0 Å². The van der Waals surface area contributed by atoms with Crippen LogP contribution in [0.3, 0.4) is 0 Å². The summed E-state index contributed by atoms with van der Waals surface area (Å²) in [6.07, 6.45) is 2.22. The smallest absolute Gasteiger partial charge is 0.312 e. The van der Waals surface area contributed by atoms with E-state index in [1.54, 1.807) is 6.92 Å². The number of rotatable bonds is 1. The second kappa shape index (κ2) is 5.35. The van der Waals surface area contributed by atoms with Crippen LogP contribution in [0.2, 0.25) is 0 Å². The first kappa shape index (κ1) is 16.8. The summed E-state index contributed by atoms with van der Waals surface area (Å²) in [7, 11) is 0. The minimum Gasteiger partial charge on any atom is -0.481 e. The van der Waals surface area contributed by atoms with Gasteiger partial charge < -0.3 is 15.2 Å². The number of para-hydroxylation sites is 1. The van der Waals surface area contributed by atoms with Crippen LogP contribution in [0.25, 0.3) is 21.8 Å². The van der Waals surface area contributed by atoms with Gasteiger partial charge in [-0.2, -0.15) is 0 Å². The van der Waals surface area contributed by atoms with Gasteiger partial charge in [-0.1, -0.05) is 25.1 Å². The van der Waals surface area contributed by atoms with Crippen molar-refractivity contribution in [2.24, 2.45) is 11.3 Å². The number of aromatic nitrogens is 1. The maximum absolute atomic E-state index is 12.2. The predicted octanol–water partition coefficient (Wildman–Crippen LogP) is 4.39. The fraction of sp³-hybridized carbons (Fsp3) is 0.435. The Morgan fingerprint density at radius 2 is 1.89 bits per heavy atom. The van der Waals surface area contributed by atoms with E-state index in [0.717, 1.165) is 30.3 Å². The topological polar surface area (TPSA) is 73.3 Å². The van der Waals surface area contributed by atoms with Crippen LogP contribution in [0, 0.1) is 11.3 Å². The standard InChI is InChI=1S/C23H25NO3/c1-22-10-9-20(25)23(2,21(26)27)19(22)8-7-13-11-18-15(12-16(13)22)14-5-3-4-6-17(14)24-18/h3-6,11-12,19-20,24-25H,7-10H2,1-2H3,(H,26,27)/t19-,20+,22+,23+/m1/s1. The summed E-state index contributed by atoms with van der Waals surface area (Å²) >= 11 is 0. The molecular formula is C23H25NO3. The summed E-state index contributed by atoms with van der Waals surface area (Å²) in [6, 6.07) is 12.9. The zero-order valence-electron chi connectivity index (χ0n) is 15.7. The molecule has 3 N–H and O–H groups in total. The first-order valence-electron chi connectivity index (χ1n) is 9.81. The number of H-pyrrole nitrogens is 1. The molecule has 1 heterocycles. The molecule has 1 aromatic heterocycles. The van der Waals surface area contributed by atoms with Crippen LogP contribution in [0.4, 0.5) is 0 Å². The number of benzene rings is 2. The van der Waals surface area contributed by atoms with Crippen molar-refractivity contribution in [3.05, 3.63) is 47.5 Å². The van der Waals surface area contributed by atoms with Crippen LogP contribution < -0.4 is 0 Å². The molecule has 2 aromatic carbocycles. The second-order valence-corrected chi connectivity index (χ2v) is 8.88. The number of hydrogen-bond donors (Lipinski definition) is 3. The summed E-state index contributed by atoms with van der Waals surface area (Å²) in [5.74, 6) is -0.941. The van der Waals surface area contributed by atoms with Crippen molar-refractivity contribution < 1.29 is 15.0 Å². The van der Waals surface area contributed by atoms with Crippen molar-refractivity contribution in [3.63, 3.8) is 0 Å². The molecule has 0 bridgehead atoms. The zero-order valence-corrected chi connectivity index (χ0v) is 15.7. The van der Waals surface area contributed by atoms with Crippen LogP contribution in [-0.4, -0.2) is 27.3 Å². The molecule has 0 aliphatic heterocycles. The van der Waals surface area contributed by atoms with Gasteiger partial charge in [0.25, 0.3) is 0 Å². The van der Waals surface area contributed by atoms with E-state index >= 15 is 0 Å². The first-order chi connectivity index (χ1) is 12.9. The Morgan fingerprint density at radius 3 is 2.67 bits per heavy atom. The Morgan fingerprint density at radius 1 is 1.11 bits per heavy atom. The van der Waals surface area contributed by atoms with Crippen molar-refractivity contribution in [1.29, 1.82) is 0 Å². The van der Waals surface area contributed by atoms with E-state index in [0.29, 0.717) is 6.42 Å². The molecule has 4 heteroatoms. The molecule has 1 fully saturated rings. The molecule has 0 spiro atoms. The molecule has 0 saturated heterocycles. The monoisotopic (exact) mass is 363 g/mol. The van der Waals surface area contributed by atoms with Gasteiger partial charge in [-0.25, -0.2) is 0 Å². The SMILES string of the molecule is C[C@@]1(C(=O)O)[C@@H](O)CC[C@@]2(C)c3cc4c(cc3CC[C@@H]12)[nH]c1ccccc14. The molecule has 2 aliphatic carbocycles. The molecule has 3 aromatic rings. The van der Waals surface area contributed by atoms with E-state index in [1.807, 2.05) is 6.07 Å². The zero-order chi connectivity index (χ0) is 19.0. The molecule has 0 radical (unpaired) electrons. The highest BCUT2D eigenvalue weighted by atomic mass is 16.4. The number of aryl methyl sites for hydroxylation is 1. The lowest BCUT2D eigenvalue weighted by atomic mass is 9.49. The quantitative estimate of drug-likeness (QED) is 0.600. The molecule has 1 saturated carbocycles. The van der Waals surface area contributed by atoms with Gasteiger partial charge in [0.2, 0.25) is 0 Å². The normalized spacial score (nSPS) is 33.0. The van der Waals surface area contributed by atoms with Crippen molar-refractivity contribution in [2.75, 3.05) is 0 Å². The Labute approximate surface area is 158 Å². The summed E-state index contributed by atoms with van der Waals surface area (Å²) in [6.45, 7) is 3.96. The number of carbonyl (C=O) groups is 1. The van der Waals surface area contributed by atoms with Gasteiger partial charge in [0.1, 0.15) is 0 Å². The van der Waals surface area contributed by atoms with Crippen LogP contribution in [-0.2, 0) is 16.6 Å². The third-order valence-electron chi connectivity index (χ3n) is 7.63. The van der Waals surface area contributed by atoms with Gasteiger partial charge in [0.15, 0.2) is 0 Å². The fourth-order valence-corrected chi connectivity index (χ4v) is 6.02. The largest absolute Gasteiger partial charge is 0.481 e. The van der Waals surface area contributed by atoms with E-state index < -0.39 is 17.5 Å². The first-order valence-corrected chi connectivity index (χ1v) is 9.81. The van der Waals surface area contributed by atoms with Crippen molar-refractivity contribution in [1.82, 2.24) is 4.98 Å². The van der Waals surface area contributed by atoms with Gasteiger partial charge in [-0.05, 0) is 73.3 Å². The minimum absolute atomic E-state index is 0.0681. The molecule has 4 atom stereocenters. The molecular weight excluding hydrogens is 338 g/mol. The summed E-state index contributed by atoms with van der Waals surface area (Å²) in [4.78, 5) is 15.7. The van der Waals surface area contributed by atoms with Gasteiger partial charge >= 0.3 is 5.97 Å². The highest BCUT2D eigenvalue weighted by Gasteiger charge is 2.59. The van der Waals surface area contributed by atoms with Gasteiger partial charge in [0.05, 0.1) is 11.5 Å². The number of carboxylic acid groups (broad SMARTS) is 1. The van der Waals surface area contributed by atoms with Gasteiger partial charge in [0, 0.05) is 21.8 Å². The average molecular weight is 363 g/mol. The number of aliphatic hydroxyl groups is 1. The third-order valence-corrected chi connectivity index (χ3v) is 7.63. The summed E-state index contributed by atoms with van der Waals surface area (Å²) in [5.41, 5.74) is 3.54. The molecule has 4 nitrogen and oxygen atoms in total. The fourth-order valence-electron chi connectivity index (χ4n) is 6.02. The number of hydrogen-bond acceptors (Lipinski definition) is 2. The third kappa shape index (κ3) is 2.05. The van der Waals surface area contributed by atoms with Crippen LogP contribution in [0.1, 0.15) is 44.2 Å². The Balaban J connectivity index is 1.75. The van der Waals surface area contributed by atoms with E-state index in [2.05, 4.69) is 42.2 Å².